The molecule has 0 saturated carbocycles. The normalized spacial score (nSPS) is 10.2. The van der Waals surface area contributed by atoms with Crippen molar-refractivity contribution in [1.29, 1.82) is 0 Å². The fourth-order valence-electron chi connectivity index (χ4n) is 2.62. The van der Waals surface area contributed by atoms with Gasteiger partial charge in [0, 0.05) is 0 Å². The zero-order valence-corrected chi connectivity index (χ0v) is 15.3. The minimum atomic E-state index is 1.37. The molecular weight excluding hydrogens is 240 g/mol. The van der Waals surface area contributed by atoms with Gasteiger partial charge in [-0.25, -0.2) is 0 Å². The molecule has 0 atom stereocenters. The molecule has 0 heterocycles. The maximum Gasteiger partial charge on any atom is -0.0533 e. The Bertz CT molecular complexity index is 112. The van der Waals surface area contributed by atoms with Crippen LogP contribution in [-0.2, 0) is 0 Å². The zero-order valence-electron chi connectivity index (χ0n) is 15.3. The van der Waals surface area contributed by atoms with E-state index in [-0.39, 0.29) is 0 Å². The Morgan fingerprint density at radius 3 is 0.600 bits per heavy atom. The molecule has 0 bridgehead atoms. The van der Waals surface area contributed by atoms with Crippen LogP contribution in [0.15, 0.2) is 0 Å². The van der Waals surface area contributed by atoms with Crippen molar-refractivity contribution in [1.82, 2.24) is 0 Å². The Morgan fingerprint density at radius 2 is 0.450 bits per heavy atom. The summed E-state index contributed by atoms with van der Waals surface area (Å²) in [5, 5.41) is 0. The molecule has 0 radical (unpaired) electrons. The molecule has 0 rings (SSSR count). The molecule has 124 valence electrons. The summed E-state index contributed by atoms with van der Waals surface area (Å²) < 4.78 is 0. The summed E-state index contributed by atoms with van der Waals surface area (Å²) >= 11 is 0. The Kier molecular flexibility index (Phi) is 26.8. The highest BCUT2D eigenvalue weighted by molar-refractivity contribution is 4.49. The Morgan fingerprint density at radius 1 is 0.300 bits per heavy atom. The molecule has 0 aliphatic heterocycles. The summed E-state index contributed by atoms with van der Waals surface area (Å²) in [7, 11) is 0. The van der Waals surface area contributed by atoms with E-state index in [1.165, 1.54) is 103 Å². The van der Waals surface area contributed by atoms with Gasteiger partial charge in [0.2, 0.25) is 0 Å². The number of unbranched alkanes of at least 4 members (excludes halogenated alkanes) is 15. The third-order valence-corrected chi connectivity index (χ3v) is 3.96. The lowest BCUT2D eigenvalue weighted by Crippen LogP contribution is -1.83. The van der Waals surface area contributed by atoms with E-state index in [2.05, 4.69) is 13.8 Å². The standard InChI is InChI=1S/C18H38.C2H6/c1-3-5-7-9-11-13-15-17-18-16-14-12-10-8-6-4-2;1-2/h3-18H2,1-2H3;1-2H3. The van der Waals surface area contributed by atoms with Crippen molar-refractivity contribution in [2.45, 2.75) is 130 Å². The molecule has 0 nitrogen and oxygen atoms in total. The van der Waals surface area contributed by atoms with Crippen molar-refractivity contribution in [3.05, 3.63) is 0 Å². The molecule has 0 fully saturated rings. The molecule has 0 spiro atoms. The van der Waals surface area contributed by atoms with Gasteiger partial charge >= 0.3 is 0 Å². The van der Waals surface area contributed by atoms with Crippen LogP contribution >= 0.6 is 0 Å². The molecule has 0 amide bonds. The largest absolute Gasteiger partial charge is 0.0683 e. The second-order valence-electron chi connectivity index (χ2n) is 5.95. The smallest absolute Gasteiger partial charge is 0.0533 e. The van der Waals surface area contributed by atoms with Crippen LogP contribution in [0.3, 0.4) is 0 Å². The van der Waals surface area contributed by atoms with Crippen LogP contribution in [0.1, 0.15) is 130 Å². The number of hydrogen-bond acceptors (Lipinski definition) is 0. The van der Waals surface area contributed by atoms with Crippen LogP contribution in [-0.4, -0.2) is 0 Å². The van der Waals surface area contributed by atoms with Gasteiger partial charge in [0.15, 0.2) is 0 Å². The molecule has 0 aromatic heterocycles. The Balaban J connectivity index is 0. The second-order valence-corrected chi connectivity index (χ2v) is 5.95. The fraction of sp³-hybridized carbons (Fsp3) is 1.00. The summed E-state index contributed by atoms with van der Waals surface area (Å²) in [6.45, 7) is 8.59. The van der Waals surface area contributed by atoms with E-state index in [4.69, 9.17) is 0 Å². The van der Waals surface area contributed by atoms with Crippen molar-refractivity contribution in [2.24, 2.45) is 0 Å². The van der Waals surface area contributed by atoms with E-state index in [0.29, 0.717) is 0 Å². The van der Waals surface area contributed by atoms with E-state index in [1.807, 2.05) is 13.8 Å². The van der Waals surface area contributed by atoms with Crippen LogP contribution in [0, 0.1) is 0 Å². The maximum atomic E-state index is 2.29. The van der Waals surface area contributed by atoms with Crippen LogP contribution in [0.5, 0.6) is 0 Å². The highest BCUT2D eigenvalue weighted by Crippen LogP contribution is 2.13. The molecule has 0 aromatic carbocycles. The lowest BCUT2D eigenvalue weighted by molar-refractivity contribution is 0.531. The van der Waals surface area contributed by atoms with Crippen LogP contribution in [0.25, 0.3) is 0 Å². The van der Waals surface area contributed by atoms with Gasteiger partial charge in [-0.05, 0) is 0 Å². The summed E-state index contributed by atoms with van der Waals surface area (Å²) in [6.07, 6.45) is 23.4. The number of rotatable bonds is 15. The molecule has 0 aromatic rings. The van der Waals surface area contributed by atoms with Gasteiger partial charge in [0.1, 0.15) is 0 Å². The highest BCUT2D eigenvalue weighted by Gasteiger charge is 1.93. The topological polar surface area (TPSA) is 0 Å². The fourth-order valence-corrected chi connectivity index (χ4v) is 2.62. The van der Waals surface area contributed by atoms with E-state index in [0.717, 1.165) is 0 Å². The van der Waals surface area contributed by atoms with Crippen molar-refractivity contribution in [3.8, 4) is 0 Å². The van der Waals surface area contributed by atoms with E-state index < -0.39 is 0 Å². The first kappa shape index (κ1) is 22.3. The van der Waals surface area contributed by atoms with Gasteiger partial charge in [-0.3, -0.25) is 0 Å². The van der Waals surface area contributed by atoms with E-state index >= 15 is 0 Å². The zero-order chi connectivity index (χ0) is 15.3. The molecule has 0 unspecified atom stereocenters. The van der Waals surface area contributed by atoms with Gasteiger partial charge < -0.3 is 0 Å². The van der Waals surface area contributed by atoms with Crippen LogP contribution in [0.2, 0.25) is 0 Å². The molecule has 0 N–H and O–H groups in total. The minimum Gasteiger partial charge on any atom is -0.0683 e. The van der Waals surface area contributed by atoms with Gasteiger partial charge in [-0.1, -0.05) is 130 Å². The third-order valence-electron chi connectivity index (χ3n) is 3.96. The summed E-state index contributed by atoms with van der Waals surface area (Å²) in [4.78, 5) is 0. The predicted molar refractivity (Wildman–Crippen MR) is 96.6 cm³/mol. The molecule has 0 heteroatoms. The quantitative estimate of drug-likeness (QED) is 0.265. The van der Waals surface area contributed by atoms with Gasteiger partial charge in [0.05, 0.1) is 0 Å². The first-order valence-corrected chi connectivity index (χ1v) is 9.91. The molecule has 0 aliphatic carbocycles. The average molecular weight is 285 g/mol. The van der Waals surface area contributed by atoms with E-state index in [9.17, 15) is 0 Å². The van der Waals surface area contributed by atoms with Crippen LogP contribution in [0.4, 0.5) is 0 Å². The van der Waals surface area contributed by atoms with Crippen molar-refractivity contribution >= 4 is 0 Å². The lowest BCUT2D eigenvalue weighted by Gasteiger charge is -2.03. The molecular formula is C20H44. The summed E-state index contributed by atoms with van der Waals surface area (Å²) in [5.74, 6) is 0. The maximum absolute atomic E-state index is 2.29. The van der Waals surface area contributed by atoms with Gasteiger partial charge in [-0.2, -0.15) is 0 Å². The van der Waals surface area contributed by atoms with Crippen molar-refractivity contribution < 1.29 is 0 Å². The summed E-state index contributed by atoms with van der Waals surface area (Å²) in [5.41, 5.74) is 0. The Labute approximate surface area is 131 Å². The first-order valence-electron chi connectivity index (χ1n) is 9.91. The first-order chi connectivity index (χ1) is 9.91. The van der Waals surface area contributed by atoms with Crippen molar-refractivity contribution in [2.75, 3.05) is 0 Å². The van der Waals surface area contributed by atoms with Crippen molar-refractivity contribution in [3.63, 3.8) is 0 Å². The SMILES string of the molecule is CC.CCCCCCCCCCCCCCCCCC. The van der Waals surface area contributed by atoms with E-state index in [1.54, 1.807) is 0 Å². The predicted octanol–water partition coefficient (Wildman–Crippen LogP) is 8.29. The average Bonchev–Trinajstić information content (AvgIpc) is 2.50. The highest BCUT2D eigenvalue weighted by atomic mass is 14.0. The minimum absolute atomic E-state index is 1.37. The van der Waals surface area contributed by atoms with Crippen LogP contribution < -0.4 is 0 Å². The van der Waals surface area contributed by atoms with Gasteiger partial charge in [-0.15, -0.1) is 0 Å². The number of hydrogen-bond donors (Lipinski definition) is 0. The second kappa shape index (κ2) is 24.0. The third kappa shape index (κ3) is 23.1. The molecule has 0 aliphatic rings. The Hall–Kier alpha value is 0. The molecule has 20 heavy (non-hydrogen) atoms. The molecule has 0 saturated heterocycles. The monoisotopic (exact) mass is 284 g/mol. The van der Waals surface area contributed by atoms with Gasteiger partial charge in [0.25, 0.3) is 0 Å². The summed E-state index contributed by atoms with van der Waals surface area (Å²) in [6, 6.07) is 0. The lowest BCUT2D eigenvalue weighted by atomic mass is 10.0.